The summed E-state index contributed by atoms with van der Waals surface area (Å²) >= 11 is 0. The number of amides is 3. The average Bonchev–Trinajstić information content (AvgIpc) is 2.93. The highest BCUT2D eigenvalue weighted by Gasteiger charge is 2.24. The van der Waals surface area contributed by atoms with Crippen molar-refractivity contribution < 1.29 is 23.8 Å². The number of urea groups is 1. The number of fused-ring (bicyclic) bond motifs is 1. The molecule has 1 fully saturated rings. The molecule has 1 N–H and O–H groups in total. The number of para-hydroxylation sites is 1. The van der Waals surface area contributed by atoms with Gasteiger partial charge in [-0.2, -0.15) is 0 Å². The summed E-state index contributed by atoms with van der Waals surface area (Å²) in [5.41, 5.74) is 2.59. The molecule has 1 aromatic heterocycles. The van der Waals surface area contributed by atoms with Gasteiger partial charge in [0.15, 0.2) is 11.5 Å². The van der Waals surface area contributed by atoms with Crippen molar-refractivity contribution >= 4 is 36.2 Å². The van der Waals surface area contributed by atoms with Gasteiger partial charge in [-0.15, -0.1) is 12.4 Å². The van der Waals surface area contributed by atoms with Gasteiger partial charge in [-0.25, -0.2) is 9.78 Å². The molecule has 10 nitrogen and oxygen atoms in total. The molecular formula is C28H38ClN5O5. The van der Waals surface area contributed by atoms with Gasteiger partial charge >= 0.3 is 6.03 Å². The Kier molecular flexibility index (Phi) is 11.4. The largest absolute Gasteiger partial charge is 0.490 e. The first-order valence-electron chi connectivity index (χ1n) is 13.1. The third-order valence-electron chi connectivity index (χ3n) is 6.50. The number of halogens is 1. The van der Waals surface area contributed by atoms with E-state index in [4.69, 9.17) is 14.2 Å². The van der Waals surface area contributed by atoms with Gasteiger partial charge in [-0.1, -0.05) is 12.1 Å². The first-order valence-corrected chi connectivity index (χ1v) is 13.1. The number of nitrogens with zero attached hydrogens (tertiary/aromatic N) is 4. The number of carbonyl (C=O) groups excluding carboxylic acids is 2. The number of carbonyl (C=O) groups is 2. The summed E-state index contributed by atoms with van der Waals surface area (Å²) in [7, 11) is 1.75. The third kappa shape index (κ3) is 8.08. The van der Waals surface area contributed by atoms with E-state index >= 15 is 0 Å². The first-order chi connectivity index (χ1) is 18.5. The second-order valence-electron chi connectivity index (χ2n) is 9.22. The predicted octanol–water partition coefficient (Wildman–Crippen LogP) is 3.65. The minimum atomic E-state index is -0.146. The molecule has 1 aromatic carbocycles. The van der Waals surface area contributed by atoms with E-state index in [9.17, 15) is 9.59 Å². The fraction of sp³-hybridized carbons (Fsp3) is 0.464. The van der Waals surface area contributed by atoms with Crippen molar-refractivity contribution in [2.24, 2.45) is 0 Å². The molecular weight excluding hydrogens is 522 g/mol. The normalized spacial score (nSPS) is 15.4. The molecule has 3 heterocycles. The van der Waals surface area contributed by atoms with Crippen LogP contribution in [0, 0.1) is 0 Å². The molecule has 0 bridgehead atoms. The molecule has 0 saturated carbocycles. The van der Waals surface area contributed by atoms with E-state index in [1.54, 1.807) is 29.1 Å². The zero-order valence-corrected chi connectivity index (χ0v) is 23.7. The quantitative estimate of drug-likeness (QED) is 0.420. The lowest BCUT2D eigenvalue weighted by Gasteiger charge is -2.32. The van der Waals surface area contributed by atoms with Crippen molar-refractivity contribution in [2.75, 3.05) is 65.0 Å². The minimum absolute atomic E-state index is 0. The van der Waals surface area contributed by atoms with Gasteiger partial charge in [0.1, 0.15) is 5.82 Å². The number of ether oxygens (including phenoxy) is 3. The Morgan fingerprint density at radius 2 is 1.95 bits per heavy atom. The Labute approximate surface area is 236 Å². The van der Waals surface area contributed by atoms with Crippen molar-refractivity contribution in [3.8, 4) is 11.5 Å². The number of rotatable bonds is 11. The van der Waals surface area contributed by atoms with Gasteiger partial charge in [0.25, 0.3) is 0 Å². The summed E-state index contributed by atoms with van der Waals surface area (Å²) in [4.78, 5) is 35.5. The molecule has 2 aliphatic heterocycles. The fourth-order valence-electron chi connectivity index (χ4n) is 4.47. The van der Waals surface area contributed by atoms with Crippen LogP contribution >= 0.6 is 12.4 Å². The topological polar surface area (TPSA) is 96.5 Å². The molecule has 2 aliphatic rings. The van der Waals surface area contributed by atoms with Crippen LogP contribution < -0.4 is 14.8 Å². The van der Waals surface area contributed by atoms with E-state index in [0.717, 1.165) is 49.5 Å². The number of aromatic nitrogens is 1. The summed E-state index contributed by atoms with van der Waals surface area (Å²) in [6, 6.07) is 7.53. The van der Waals surface area contributed by atoms with Crippen LogP contribution in [0.25, 0.3) is 6.08 Å². The molecule has 39 heavy (non-hydrogen) atoms. The number of pyridine rings is 1. The van der Waals surface area contributed by atoms with E-state index in [1.165, 1.54) is 6.08 Å². The molecule has 0 aliphatic carbocycles. The second kappa shape index (κ2) is 14.7. The maximum Gasteiger partial charge on any atom is 0.323 e. The highest BCUT2D eigenvalue weighted by Crippen LogP contribution is 2.32. The number of anilines is 1. The Hall–Kier alpha value is -3.34. The van der Waals surface area contributed by atoms with Crippen molar-refractivity contribution in [3.63, 3.8) is 0 Å². The van der Waals surface area contributed by atoms with Gasteiger partial charge in [0, 0.05) is 63.2 Å². The van der Waals surface area contributed by atoms with Crippen molar-refractivity contribution in [2.45, 2.75) is 26.9 Å². The molecule has 0 unspecified atom stereocenters. The lowest BCUT2D eigenvalue weighted by Crippen LogP contribution is -2.45. The standard InChI is InChI=1S/C28H37N5O5.ClH/c1-4-37-24-8-6-7-22(26(24)38-5-2)19-31(3)25(34)10-9-21-17-23-20-33(28(35)30-27(23)29-18-21)12-11-32-13-15-36-16-14-32;/h6-10,17-18H,4-5,11-16,19-20H2,1-3H3,(H,29,30,35);1H/b10-9+;. The van der Waals surface area contributed by atoms with Crippen LogP contribution in [0.3, 0.4) is 0 Å². The molecule has 0 spiro atoms. The molecule has 3 amide bonds. The first kappa shape index (κ1) is 30.2. The maximum absolute atomic E-state index is 12.9. The van der Waals surface area contributed by atoms with Crippen LogP contribution in [-0.4, -0.2) is 91.3 Å². The van der Waals surface area contributed by atoms with E-state index in [0.29, 0.717) is 50.2 Å². The summed E-state index contributed by atoms with van der Waals surface area (Å²) in [5, 5.41) is 2.88. The zero-order chi connectivity index (χ0) is 26.9. The van der Waals surface area contributed by atoms with Crippen molar-refractivity contribution in [3.05, 3.63) is 53.2 Å². The Morgan fingerprint density at radius 3 is 2.69 bits per heavy atom. The Morgan fingerprint density at radius 1 is 1.18 bits per heavy atom. The van der Waals surface area contributed by atoms with Crippen molar-refractivity contribution in [1.29, 1.82) is 0 Å². The van der Waals surface area contributed by atoms with E-state index < -0.39 is 0 Å². The van der Waals surface area contributed by atoms with Crippen LogP contribution in [0.4, 0.5) is 10.6 Å². The fourth-order valence-corrected chi connectivity index (χ4v) is 4.47. The van der Waals surface area contributed by atoms with Gasteiger partial charge in [0.05, 0.1) is 33.0 Å². The summed E-state index contributed by atoms with van der Waals surface area (Å²) in [6.07, 6.45) is 4.94. The summed E-state index contributed by atoms with van der Waals surface area (Å²) in [6.45, 7) is 10.4. The second-order valence-corrected chi connectivity index (χ2v) is 9.22. The summed E-state index contributed by atoms with van der Waals surface area (Å²) < 4.78 is 16.9. The van der Waals surface area contributed by atoms with E-state index in [-0.39, 0.29) is 24.3 Å². The van der Waals surface area contributed by atoms with Crippen LogP contribution in [0.5, 0.6) is 11.5 Å². The van der Waals surface area contributed by atoms with Gasteiger partial charge in [0.2, 0.25) is 5.91 Å². The predicted molar refractivity (Wildman–Crippen MR) is 152 cm³/mol. The maximum atomic E-state index is 12.9. The molecule has 2 aromatic rings. The third-order valence-corrected chi connectivity index (χ3v) is 6.50. The zero-order valence-electron chi connectivity index (χ0n) is 22.9. The Bertz CT molecular complexity index is 1160. The monoisotopic (exact) mass is 559 g/mol. The number of morpholine rings is 1. The van der Waals surface area contributed by atoms with Crippen LogP contribution in [-0.2, 0) is 22.6 Å². The minimum Gasteiger partial charge on any atom is -0.490 e. The number of hydrogen-bond acceptors (Lipinski definition) is 7. The van der Waals surface area contributed by atoms with E-state index in [2.05, 4.69) is 15.2 Å². The number of likely N-dealkylation sites (N-methyl/N-ethyl adjacent to an activating group) is 1. The molecule has 4 rings (SSSR count). The Balaban J connectivity index is 0.00000420. The van der Waals surface area contributed by atoms with Crippen LogP contribution in [0.2, 0.25) is 0 Å². The molecule has 11 heteroatoms. The van der Waals surface area contributed by atoms with E-state index in [1.807, 2.05) is 38.1 Å². The van der Waals surface area contributed by atoms with Crippen LogP contribution in [0.15, 0.2) is 36.5 Å². The number of benzene rings is 1. The van der Waals surface area contributed by atoms with Gasteiger partial charge in [-0.3, -0.25) is 15.0 Å². The lowest BCUT2D eigenvalue weighted by molar-refractivity contribution is -0.125. The number of hydrogen-bond donors (Lipinski definition) is 1. The van der Waals surface area contributed by atoms with Gasteiger partial charge in [-0.05, 0) is 37.6 Å². The smallest absolute Gasteiger partial charge is 0.323 e. The highest BCUT2D eigenvalue weighted by molar-refractivity contribution is 5.93. The lowest BCUT2D eigenvalue weighted by atomic mass is 10.1. The van der Waals surface area contributed by atoms with Crippen LogP contribution in [0.1, 0.15) is 30.5 Å². The molecule has 1 saturated heterocycles. The molecule has 0 radical (unpaired) electrons. The summed E-state index contributed by atoms with van der Waals surface area (Å²) in [5.74, 6) is 1.76. The molecule has 212 valence electrons. The van der Waals surface area contributed by atoms with Gasteiger partial charge < -0.3 is 24.0 Å². The SMILES string of the molecule is CCOc1cccc(CN(C)C(=O)/C=C/c2cnc3c(c2)CN(CCN2CCOCC2)C(=O)N3)c1OCC.Cl. The van der Waals surface area contributed by atoms with Crippen molar-refractivity contribution in [1.82, 2.24) is 19.7 Å². The average molecular weight is 560 g/mol. The highest BCUT2D eigenvalue weighted by atomic mass is 35.5. The number of nitrogens with one attached hydrogen (secondary N) is 1. The molecule has 0 atom stereocenters.